The van der Waals surface area contributed by atoms with E-state index >= 15 is 0 Å². The van der Waals surface area contributed by atoms with Crippen molar-refractivity contribution in [3.63, 3.8) is 0 Å². The molecule has 0 spiro atoms. The van der Waals surface area contributed by atoms with Crippen LogP contribution >= 0.6 is 11.8 Å². The standard InChI is InChI=1S/C20H19N3O3S/c1-2-3-12-27-20-22-21-16(26-20)10-11-23-18(24)14-8-4-6-13-7-5-9-15(17(13)14)19(23)25/h4-9H,2-3,10-12H2,1H3. The molecule has 2 heterocycles. The van der Waals surface area contributed by atoms with Gasteiger partial charge in [-0.2, -0.15) is 0 Å². The number of amides is 2. The average Bonchev–Trinajstić information content (AvgIpc) is 3.14. The van der Waals surface area contributed by atoms with Gasteiger partial charge in [0.15, 0.2) is 0 Å². The van der Waals surface area contributed by atoms with Crippen molar-refractivity contribution in [2.24, 2.45) is 0 Å². The van der Waals surface area contributed by atoms with Gasteiger partial charge in [-0.3, -0.25) is 14.5 Å². The Morgan fingerprint density at radius 1 is 1.04 bits per heavy atom. The maximum absolute atomic E-state index is 12.8. The topological polar surface area (TPSA) is 76.3 Å². The lowest BCUT2D eigenvalue weighted by atomic mass is 9.94. The first kappa shape index (κ1) is 17.7. The second-order valence-electron chi connectivity index (χ2n) is 6.38. The Morgan fingerprint density at radius 3 is 2.41 bits per heavy atom. The van der Waals surface area contributed by atoms with Gasteiger partial charge in [0.25, 0.3) is 17.0 Å². The quantitative estimate of drug-likeness (QED) is 0.350. The van der Waals surface area contributed by atoms with Crippen LogP contribution in [-0.2, 0) is 6.42 Å². The van der Waals surface area contributed by atoms with Gasteiger partial charge >= 0.3 is 0 Å². The highest BCUT2D eigenvalue weighted by molar-refractivity contribution is 7.99. The molecule has 1 aliphatic heterocycles. The summed E-state index contributed by atoms with van der Waals surface area (Å²) in [5.74, 6) is 0.816. The Balaban J connectivity index is 1.51. The zero-order chi connectivity index (χ0) is 18.8. The summed E-state index contributed by atoms with van der Waals surface area (Å²) in [4.78, 5) is 27.0. The van der Waals surface area contributed by atoms with E-state index in [1.807, 2.05) is 24.3 Å². The SMILES string of the molecule is CCCCSc1nnc(CCN2C(=O)c3cccc4cccc(c34)C2=O)o1. The number of unbranched alkanes of at least 4 members (excludes halogenated alkanes) is 1. The molecule has 0 N–H and O–H groups in total. The van der Waals surface area contributed by atoms with Gasteiger partial charge in [-0.15, -0.1) is 10.2 Å². The molecule has 1 aliphatic rings. The van der Waals surface area contributed by atoms with Crippen molar-refractivity contribution in [2.45, 2.75) is 31.4 Å². The minimum atomic E-state index is -0.277. The molecule has 0 atom stereocenters. The van der Waals surface area contributed by atoms with Crippen molar-refractivity contribution >= 4 is 34.3 Å². The summed E-state index contributed by atoms with van der Waals surface area (Å²) in [6.07, 6.45) is 2.54. The Kier molecular flexibility index (Phi) is 4.94. The number of hydrogen-bond acceptors (Lipinski definition) is 6. The van der Waals surface area contributed by atoms with E-state index in [1.54, 1.807) is 12.1 Å². The number of carbonyl (C=O) groups is 2. The number of rotatable bonds is 7. The monoisotopic (exact) mass is 381 g/mol. The number of carbonyl (C=O) groups excluding carboxylic acids is 2. The molecule has 4 rings (SSSR count). The van der Waals surface area contributed by atoms with Gasteiger partial charge in [-0.1, -0.05) is 49.4 Å². The van der Waals surface area contributed by atoms with Gasteiger partial charge < -0.3 is 4.42 Å². The lowest BCUT2D eigenvalue weighted by molar-refractivity contribution is 0.0610. The third-order valence-corrected chi connectivity index (χ3v) is 5.48. The molecule has 0 bridgehead atoms. The average molecular weight is 381 g/mol. The molecule has 3 aromatic rings. The van der Waals surface area contributed by atoms with E-state index in [-0.39, 0.29) is 18.4 Å². The van der Waals surface area contributed by atoms with Gasteiger partial charge in [-0.25, -0.2) is 0 Å². The van der Waals surface area contributed by atoms with E-state index in [2.05, 4.69) is 17.1 Å². The number of hydrogen-bond donors (Lipinski definition) is 0. The second-order valence-corrected chi connectivity index (χ2v) is 7.43. The fourth-order valence-corrected chi connectivity index (χ4v) is 4.05. The molecule has 138 valence electrons. The van der Waals surface area contributed by atoms with Crippen LogP contribution < -0.4 is 0 Å². The van der Waals surface area contributed by atoms with Gasteiger partial charge in [0.1, 0.15) is 0 Å². The minimum Gasteiger partial charge on any atom is -0.416 e. The van der Waals surface area contributed by atoms with E-state index in [4.69, 9.17) is 4.42 Å². The predicted octanol–water partition coefficient (Wildman–Crippen LogP) is 3.95. The molecule has 0 saturated carbocycles. The van der Waals surface area contributed by atoms with E-state index in [0.29, 0.717) is 28.7 Å². The normalized spacial score (nSPS) is 13.6. The molecule has 27 heavy (non-hydrogen) atoms. The van der Waals surface area contributed by atoms with Gasteiger partial charge in [0, 0.05) is 35.2 Å². The Morgan fingerprint density at radius 2 is 1.74 bits per heavy atom. The van der Waals surface area contributed by atoms with Gasteiger partial charge in [0.2, 0.25) is 5.89 Å². The van der Waals surface area contributed by atoms with Crippen LogP contribution in [0, 0.1) is 0 Å². The van der Waals surface area contributed by atoms with Crippen LogP contribution in [0.4, 0.5) is 0 Å². The van der Waals surface area contributed by atoms with Gasteiger partial charge in [0.05, 0.1) is 0 Å². The lowest BCUT2D eigenvalue weighted by Gasteiger charge is -2.26. The first-order valence-corrected chi connectivity index (χ1v) is 10.0. The van der Waals surface area contributed by atoms with Crippen molar-refractivity contribution < 1.29 is 14.0 Å². The third-order valence-electron chi connectivity index (χ3n) is 4.58. The number of benzene rings is 2. The zero-order valence-electron chi connectivity index (χ0n) is 15.0. The van der Waals surface area contributed by atoms with Crippen LogP contribution in [0.5, 0.6) is 0 Å². The predicted molar refractivity (Wildman–Crippen MR) is 103 cm³/mol. The number of nitrogens with zero attached hydrogens (tertiary/aromatic N) is 3. The van der Waals surface area contributed by atoms with E-state index in [9.17, 15) is 9.59 Å². The largest absolute Gasteiger partial charge is 0.416 e. The Hall–Kier alpha value is -2.67. The molecular formula is C20H19N3O3S. The fraction of sp³-hybridized carbons (Fsp3) is 0.300. The van der Waals surface area contributed by atoms with Crippen LogP contribution in [0.2, 0.25) is 0 Å². The third kappa shape index (κ3) is 3.35. The summed E-state index contributed by atoms with van der Waals surface area (Å²) in [5.41, 5.74) is 1.12. The van der Waals surface area contributed by atoms with Crippen molar-refractivity contribution in [3.8, 4) is 0 Å². The van der Waals surface area contributed by atoms with Crippen LogP contribution in [0.15, 0.2) is 46.0 Å². The molecule has 0 unspecified atom stereocenters. The summed E-state index contributed by atoms with van der Waals surface area (Å²) < 4.78 is 5.61. The lowest BCUT2D eigenvalue weighted by Crippen LogP contribution is -2.41. The Bertz CT molecular complexity index is 964. The summed E-state index contributed by atoms with van der Waals surface area (Å²) in [6, 6.07) is 11.0. The molecule has 0 radical (unpaired) electrons. The van der Waals surface area contributed by atoms with Crippen LogP contribution in [0.3, 0.4) is 0 Å². The number of aromatic nitrogens is 2. The van der Waals surface area contributed by atoms with Crippen molar-refractivity contribution in [1.29, 1.82) is 0 Å². The summed E-state index contributed by atoms with van der Waals surface area (Å²) >= 11 is 1.53. The number of thioether (sulfide) groups is 1. The molecule has 2 amide bonds. The highest BCUT2D eigenvalue weighted by Gasteiger charge is 2.32. The maximum Gasteiger partial charge on any atom is 0.276 e. The molecule has 7 heteroatoms. The molecule has 1 aromatic heterocycles. The fourth-order valence-electron chi connectivity index (χ4n) is 3.19. The van der Waals surface area contributed by atoms with E-state index in [0.717, 1.165) is 29.4 Å². The second kappa shape index (κ2) is 7.52. The van der Waals surface area contributed by atoms with Gasteiger partial charge in [-0.05, 0) is 23.9 Å². The first-order valence-electron chi connectivity index (χ1n) is 9.02. The first-order chi connectivity index (χ1) is 13.2. The molecule has 6 nitrogen and oxygen atoms in total. The van der Waals surface area contributed by atoms with Crippen molar-refractivity contribution in [1.82, 2.24) is 15.1 Å². The maximum atomic E-state index is 12.8. The minimum absolute atomic E-state index is 0.212. The van der Waals surface area contributed by atoms with Crippen LogP contribution in [0.1, 0.15) is 46.4 Å². The van der Waals surface area contributed by atoms with Crippen LogP contribution in [0.25, 0.3) is 10.8 Å². The molecule has 0 fully saturated rings. The molecule has 0 aliphatic carbocycles. The smallest absolute Gasteiger partial charge is 0.276 e. The zero-order valence-corrected chi connectivity index (χ0v) is 15.8. The number of imide groups is 1. The molecule has 2 aromatic carbocycles. The van der Waals surface area contributed by atoms with Crippen molar-refractivity contribution in [3.05, 3.63) is 53.4 Å². The highest BCUT2D eigenvalue weighted by Crippen LogP contribution is 2.30. The van der Waals surface area contributed by atoms with Crippen LogP contribution in [-0.4, -0.2) is 39.2 Å². The summed E-state index contributed by atoms with van der Waals surface area (Å²) in [7, 11) is 0. The van der Waals surface area contributed by atoms with E-state index < -0.39 is 0 Å². The van der Waals surface area contributed by atoms with E-state index in [1.165, 1.54) is 16.7 Å². The summed E-state index contributed by atoms with van der Waals surface area (Å²) in [5, 5.41) is 10.2. The highest BCUT2D eigenvalue weighted by atomic mass is 32.2. The summed E-state index contributed by atoms with van der Waals surface area (Å²) in [6.45, 7) is 2.34. The molecule has 0 saturated heterocycles. The Labute approximate surface area is 160 Å². The van der Waals surface area contributed by atoms with Crippen molar-refractivity contribution in [2.75, 3.05) is 12.3 Å². The molecular weight excluding hydrogens is 362 g/mol.